The first-order valence-electron chi connectivity index (χ1n) is 6.16. The number of rotatable bonds is 4. The molecule has 0 aliphatic heterocycles. The van der Waals surface area contributed by atoms with Gasteiger partial charge in [0.15, 0.2) is 0 Å². The summed E-state index contributed by atoms with van der Waals surface area (Å²) >= 11 is 0. The van der Waals surface area contributed by atoms with Crippen molar-refractivity contribution in [2.24, 2.45) is 0 Å². The molecule has 0 radical (unpaired) electrons. The van der Waals surface area contributed by atoms with Crippen LogP contribution in [0.1, 0.15) is 56.2 Å². The van der Waals surface area contributed by atoms with E-state index in [0.717, 1.165) is 17.4 Å². The van der Waals surface area contributed by atoms with Gasteiger partial charge in [-0.25, -0.2) is 0 Å². The van der Waals surface area contributed by atoms with Gasteiger partial charge >= 0.3 is 10.1 Å². The van der Waals surface area contributed by atoms with Gasteiger partial charge in [-0.15, -0.1) is 0 Å². The van der Waals surface area contributed by atoms with Crippen molar-refractivity contribution in [3.05, 3.63) is 28.8 Å². The average Bonchev–Trinajstić information content (AvgIpc) is 2.13. The van der Waals surface area contributed by atoms with Crippen molar-refractivity contribution in [2.45, 2.75) is 46.5 Å². The maximum atomic E-state index is 11.3. The first-order chi connectivity index (χ1) is 8.13. The molecule has 0 aromatic heterocycles. The highest BCUT2D eigenvalue weighted by molar-refractivity contribution is 7.86. The lowest BCUT2D eigenvalue weighted by Crippen LogP contribution is -2.10. The van der Waals surface area contributed by atoms with E-state index in [9.17, 15) is 8.42 Å². The van der Waals surface area contributed by atoms with Gasteiger partial charge in [0, 0.05) is 5.56 Å². The van der Waals surface area contributed by atoms with E-state index in [1.807, 2.05) is 26.8 Å². The molecule has 0 fully saturated rings. The minimum Gasteiger partial charge on any atom is -0.382 e. The fourth-order valence-corrected chi connectivity index (χ4v) is 2.77. The topological polar surface area (TPSA) is 43.4 Å². The predicted molar refractivity (Wildman–Crippen MR) is 74.8 cm³/mol. The molecular weight excluding hydrogens is 248 g/mol. The van der Waals surface area contributed by atoms with E-state index in [1.54, 1.807) is 6.07 Å². The van der Waals surface area contributed by atoms with Crippen molar-refractivity contribution in [3.8, 4) is 5.75 Å². The van der Waals surface area contributed by atoms with Gasteiger partial charge < -0.3 is 4.18 Å². The van der Waals surface area contributed by atoms with Gasteiger partial charge in [0.05, 0.1) is 6.26 Å². The molecule has 0 bridgehead atoms. The molecule has 3 nitrogen and oxygen atoms in total. The second kappa shape index (κ2) is 5.31. The van der Waals surface area contributed by atoms with Crippen LogP contribution in [0.4, 0.5) is 0 Å². The minimum atomic E-state index is -3.48. The molecule has 0 amide bonds. The van der Waals surface area contributed by atoms with Gasteiger partial charge in [0.25, 0.3) is 0 Å². The summed E-state index contributed by atoms with van der Waals surface area (Å²) in [6.45, 7) is 10.4. The first kappa shape index (κ1) is 15.0. The zero-order chi connectivity index (χ0) is 14.1. The molecule has 1 rings (SSSR count). The van der Waals surface area contributed by atoms with E-state index in [4.69, 9.17) is 4.18 Å². The second-order valence-corrected chi connectivity index (χ2v) is 6.86. The van der Waals surface area contributed by atoms with Crippen molar-refractivity contribution in [1.29, 1.82) is 0 Å². The minimum absolute atomic E-state index is 0.223. The summed E-state index contributed by atoms with van der Waals surface area (Å²) in [6.07, 6.45) is 1.07. The SMILES string of the molecule is Cc1c(C(C)C)ccc(OS(C)(=O)=O)c1C(C)C. The molecule has 1 aromatic rings. The summed E-state index contributed by atoms with van der Waals surface area (Å²) < 4.78 is 27.6. The van der Waals surface area contributed by atoms with Gasteiger partial charge in [-0.3, -0.25) is 0 Å². The molecule has 0 aliphatic rings. The maximum Gasteiger partial charge on any atom is 0.306 e. The van der Waals surface area contributed by atoms with E-state index in [2.05, 4.69) is 13.8 Å². The Morgan fingerprint density at radius 2 is 1.61 bits per heavy atom. The Kier molecular flexibility index (Phi) is 4.43. The summed E-state index contributed by atoms with van der Waals surface area (Å²) in [6, 6.07) is 3.71. The third-order valence-corrected chi connectivity index (χ3v) is 3.44. The molecule has 0 spiro atoms. The highest BCUT2D eigenvalue weighted by Gasteiger charge is 2.18. The molecule has 0 atom stereocenters. The highest BCUT2D eigenvalue weighted by atomic mass is 32.2. The summed E-state index contributed by atoms with van der Waals surface area (Å²) in [5.41, 5.74) is 3.34. The van der Waals surface area contributed by atoms with Crippen molar-refractivity contribution >= 4 is 10.1 Å². The first-order valence-corrected chi connectivity index (χ1v) is 7.98. The Balaban J connectivity index is 3.41. The van der Waals surface area contributed by atoms with Crippen LogP contribution in [-0.2, 0) is 10.1 Å². The van der Waals surface area contributed by atoms with E-state index in [-0.39, 0.29) is 5.92 Å². The molecule has 0 aliphatic carbocycles. The van der Waals surface area contributed by atoms with Crippen molar-refractivity contribution in [3.63, 3.8) is 0 Å². The van der Waals surface area contributed by atoms with E-state index in [1.165, 1.54) is 5.56 Å². The molecule has 102 valence electrons. The van der Waals surface area contributed by atoms with Crippen LogP contribution in [0.5, 0.6) is 5.75 Å². The average molecular weight is 270 g/mol. The molecule has 0 saturated carbocycles. The highest BCUT2D eigenvalue weighted by Crippen LogP contribution is 2.35. The van der Waals surface area contributed by atoms with E-state index in [0.29, 0.717) is 11.7 Å². The number of hydrogen-bond acceptors (Lipinski definition) is 3. The summed E-state index contributed by atoms with van der Waals surface area (Å²) in [5.74, 6) is 1.09. The lowest BCUT2D eigenvalue weighted by molar-refractivity contribution is 0.487. The van der Waals surface area contributed by atoms with Gasteiger partial charge in [0.2, 0.25) is 0 Å². The summed E-state index contributed by atoms with van der Waals surface area (Å²) in [4.78, 5) is 0. The van der Waals surface area contributed by atoms with Gasteiger partial charge in [-0.05, 0) is 36.0 Å². The number of benzene rings is 1. The predicted octanol–water partition coefficient (Wildman–Crippen LogP) is 3.58. The quantitative estimate of drug-likeness (QED) is 0.785. The third-order valence-electron chi connectivity index (χ3n) is 2.96. The Morgan fingerprint density at radius 3 is 2.00 bits per heavy atom. The van der Waals surface area contributed by atoms with Crippen LogP contribution in [0.25, 0.3) is 0 Å². The Hall–Kier alpha value is -1.03. The van der Waals surface area contributed by atoms with Gasteiger partial charge in [0.1, 0.15) is 5.75 Å². The van der Waals surface area contributed by atoms with Crippen molar-refractivity contribution in [1.82, 2.24) is 0 Å². The van der Waals surface area contributed by atoms with Crippen molar-refractivity contribution < 1.29 is 12.6 Å². The van der Waals surface area contributed by atoms with E-state index < -0.39 is 10.1 Å². The summed E-state index contributed by atoms with van der Waals surface area (Å²) in [7, 11) is -3.48. The number of hydrogen-bond donors (Lipinski definition) is 0. The second-order valence-electron chi connectivity index (χ2n) is 5.29. The van der Waals surface area contributed by atoms with Gasteiger partial charge in [-0.2, -0.15) is 8.42 Å². The molecule has 18 heavy (non-hydrogen) atoms. The standard InChI is InChI=1S/C14H22O3S/c1-9(2)12-7-8-13(17-18(6,15)16)14(10(3)4)11(12)5/h7-10H,1-6H3. The molecular formula is C14H22O3S. The van der Waals surface area contributed by atoms with Crippen LogP contribution >= 0.6 is 0 Å². The van der Waals surface area contributed by atoms with Crippen LogP contribution in [0.3, 0.4) is 0 Å². The van der Waals surface area contributed by atoms with Crippen LogP contribution < -0.4 is 4.18 Å². The third kappa shape index (κ3) is 3.48. The van der Waals surface area contributed by atoms with Crippen LogP contribution in [0.2, 0.25) is 0 Å². The normalized spacial score (nSPS) is 12.2. The lowest BCUT2D eigenvalue weighted by atomic mass is 9.89. The van der Waals surface area contributed by atoms with E-state index >= 15 is 0 Å². The molecule has 0 N–H and O–H groups in total. The Labute approximate surface area is 110 Å². The Morgan fingerprint density at radius 1 is 1.06 bits per heavy atom. The van der Waals surface area contributed by atoms with Crippen LogP contribution in [0, 0.1) is 6.92 Å². The smallest absolute Gasteiger partial charge is 0.306 e. The molecule has 1 aromatic carbocycles. The maximum absolute atomic E-state index is 11.3. The monoisotopic (exact) mass is 270 g/mol. The zero-order valence-electron chi connectivity index (χ0n) is 11.9. The molecule has 0 saturated heterocycles. The van der Waals surface area contributed by atoms with Crippen LogP contribution in [-0.4, -0.2) is 14.7 Å². The fraction of sp³-hybridized carbons (Fsp3) is 0.571. The van der Waals surface area contributed by atoms with Crippen molar-refractivity contribution in [2.75, 3.05) is 6.26 Å². The molecule has 0 heterocycles. The zero-order valence-corrected chi connectivity index (χ0v) is 12.8. The summed E-state index contributed by atoms with van der Waals surface area (Å²) in [5, 5.41) is 0. The molecule has 4 heteroatoms. The fourth-order valence-electron chi connectivity index (χ4n) is 2.30. The van der Waals surface area contributed by atoms with Crippen LogP contribution in [0.15, 0.2) is 12.1 Å². The largest absolute Gasteiger partial charge is 0.382 e. The Bertz CT molecular complexity index is 528. The molecule has 0 unspecified atom stereocenters. The van der Waals surface area contributed by atoms with Gasteiger partial charge in [-0.1, -0.05) is 33.8 Å². The lowest BCUT2D eigenvalue weighted by Gasteiger charge is -2.20.